The Bertz CT molecular complexity index is 713. The number of amides is 2. The molecule has 0 aliphatic heterocycles. The largest absolute Gasteiger partial charge is 0.491 e. The Kier molecular flexibility index (Phi) is 7.86. The predicted octanol–water partition coefficient (Wildman–Crippen LogP) is 3.38. The zero-order valence-electron chi connectivity index (χ0n) is 17.8. The van der Waals surface area contributed by atoms with Gasteiger partial charge in [-0.25, -0.2) is 4.79 Å². The minimum atomic E-state index is -0.732. The fraction of sp³-hybridized carbons (Fsp3) is 0.571. The fourth-order valence-electron chi connectivity index (χ4n) is 2.31. The normalized spacial score (nSPS) is 12.7. The molecule has 0 aromatic heterocycles. The Balaban J connectivity index is 2.68. The Morgan fingerprint density at radius 3 is 2.14 bits per heavy atom. The van der Waals surface area contributed by atoms with E-state index in [4.69, 9.17) is 14.7 Å². The first-order valence-corrected chi connectivity index (χ1v) is 9.27. The molecule has 1 atom stereocenters. The van der Waals surface area contributed by atoms with E-state index in [0.29, 0.717) is 11.3 Å². The molecule has 154 valence electrons. The number of ether oxygens (including phenoxy) is 2. The molecule has 0 radical (unpaired) electrons. The SMILES string of the molecule is CC(C)[C@H](NC(=O)OC(C)(C)C)C(=O)NC(C)(C)COc1ccc(C#N)cc1. The Morgan fingerprint density at radius 1 is 1.11 bits per heavy atom. The topological polar surface area (TPSA) is 100 Å². The van der Waals surface area contributed by atoms with Crippen molar-refractivity contribution in [1.82, 2.24) is 10.6 Å². The van der Waals surface area contributed by atoms with E-state index in [-0.39, 0.29) is 18.4 Å². The van der Waals surface area contributed by atoms with Crippen LogP contribution in [0.2, 0.25) is 0 Å². The van der Waals surface area contributed by atoms with Crippen LogP contribution in [0.25, 0.3) is 0 Å². The van der Waals surface area contributed by atoms with Crippen LogP contribution in [0.3, 0.4) is 0 Å². The summed E-state index contributed by atoms with van der Waals surface area (Å²) in [5.41, 5.74) is -0.766. The van der Waals surface area contributed by atoms with Crippen LogP contribution in [0.5, 0.6) is 5.75 Å². The quantitative estimate of drug-likeness (QED) is 0.744. The van der Waals surface area contributed by atoms with Crippen molar-refractivity contribution >= 4 is 12.0 Å². The van der Waals surface area contributed by atoms with Gasteiger partial charge in [0.2, 0.25) is 5.91 Å². The summed E-state index contributed by atoms with van der Waals surface area (Å²) in [4.78, 5) is 24.8. The van der Waals surface area contributed by atoms with Crippen molar-refractivity contribution in [3.05, 3.63) is 29.8 Å². The van der Waals surface area contributed by atoms with Gasteiger partial charge in [-0.3, -0.25) is 4.79 Å². The molecule has 1 aromatic carbocycles. The van der Waals surface area contributed by atoms with Crippen LogP contribution in [-0.4, -0.2) is 35.8 Å². The number of nitrogens with zero attached hydrogens (tertiary/aromatic N) is 1. The van der Waals surface area contributed by atoms with Crippen LogP contribution in [0.1, 0.15) is 54.0 Å². The number of hydrogen-bond donors (Lipinski definition) is 2. The Morgan fingerprint density at radius 2 is 1.68 bits per heavy atom. The summed E-state index contributed by atoms with van der Waals surface area (Å²) < 4.78 is 11.0. The molecule has 2 N–H and O–H groups in total. The van der Waals surface area contributed by atoms with Gasteiger partial charge in [0.15, 0.2) is 0 Å². The highest BCUT2D eigenvalue weighted by Crippen LogP contribution is 2.15. The van der Waals surface area contributed by atoms with E-state index in [2.05, 4.69) is 10.6 Å². The van der Waals surface area contributed by atoms with Crippen molar-refractivity contribution in [2.45, 2.75) is 65.6 Å². The summed E-state index contributed by atoms with van der Waals surface area (Å²) in [6, 6.07) is 8.06. The van der Waals surface area contributed by atoms with Crippen molar-refractivity contribution in [1.29, 1.82) is 5.26 Å². The van der Waals surface area contributed by atoms with Crippen molar-refractivity contribution in [3.63, 3.8) is 0 Å². The molecule has 0 fully saturated rings. The van der Waals surface area contributed by atoms with Gasteiger partial charge in [-0.05, 0) is 64.8 Å². The van der Waals surface area contributed by atoms with Gasteiger partial charge >= 0.3 is 6.09 Å². The number of rotatable bonds is 7. The van der Waals surface area contributed by atoms with Gasteiger partial charge in [0.05, 0.1) is 17.2 Å². The van der Waals surface area contributed by atoms with Gasteiger partial charge in [0, 0.05) is 0 Å². The van der Waals surface area contributed by atoms with Crippen molar-refractivity contribution in [2.24, 2.45) is 5.92 Å². The summed E-state index contributed by atoms with van der Waals surface area (Å²) in [6.07, 6.45) is -0.631. The monoisotopic (exact) mass is 389 g/mol. The number of carbonyl (C=O) groups excluding carboxylic acids is 2. The Labute approximate surface area is 167 Å². The van der Waals surface area contributed by atoms with Crippen LogP contribution in [-0.2, 0) is 9.53 Å². The third kappa shape index (κ3) is 8.30. The number of nitriles is 1. The average Bonchev–Trinajstić information content (AvgIpc) is 2.56. The lowest BCUT2D eigenvalue weighted by Gasteiger charge is -2.31. The molecule has 1 rings (SSSR count). The third-order valence-corrected chi connectivity index (χ3v) is 3.67. The lowest BCUT2D eigenvalue weighted by Crippen LogP contribution is -2.57. The zero-order valence-corrected chi connectivity index (χ0v) is 17.8. The number of hydrogen-bond acceptors (Lipinski definition) is 5. The molecule has 28 heavy (non-hydrogen) atoms. The smallest absolute Gasteiger partial charge is 0.408 e. The molecule has 0 aliphatic carbocycles. The Hall–Kier alpha value is -2.75. The highest BCUT2D eigenvalue weighted by Gasteiger charge is 2.31. The average molecular weight is 389 g/mol. The van der Waals surface area contributed by atoms with E-state index in [1.54, 1.807) is 45.0 Å². The first kappa shape index (κ1) is 23.3. The first-order valence-electron chi connectivity index (χ1n) is 9.27. The second kappa shape index (κ2) is 9.45. The van der Waals surface area contributed by atoms with Crippen LogP contribution in [0.4, 0.5) is 4.79 Å². The standard InChI is InChI=1S/C21H31N3O4/c1-14(2)17(23-19(26)28-20(3,4)5)18(25)24-21(6,7)13-27-16-10-8-15(12-22)9-11-16/h8-11,14,17H,13H2,1-7H3,(H,23,26)(H,24,25)/t17-/m0/s1. The predicted molar refractivity (Wildman–Crippen MR) is 107 cm³/mol. The third-order valence-electron chi connectivity index (χ3n) is 3.67. The van der Waals surface area contributed by atoms with Gasteiger partial charge in [-0.2, -0.15) is 5.26 Å². The molecular weight excluding hydrogens is 358 g/mol. The summed E-state index contributed by atoms with van der Waals surface area (Å²) in [5.74, 6) is 0.172. The molecular formula is C21H31N3O4. The van der Waals surface area contributed by atoms with Gasteiger partial charge in [-0.15, -0.1) is 0 Å². The number of benzene rings is 1. The van der Waals surface area contributed by atoms with E-state index < -0.39 is 23.3 Å². The molecule has 0 unspecified atom stereocenters. The zero-order chi connectivity index (χ0) is 21.5. The van der Waals surface area contributed by atoms with Gasteiger partial charge in [0.1, 0.15) is 24.0 Å². The molecule has 7 heteroatoms. The maximum absolute atomic E-state index is 12.7. The molecule has 0 spiro atoms. The highest BCUT2D eigenvalue weighted by molar-refractivity contribution is 5.86. The van der Waals surface area contributed by atoms with Crippen LogP contribution in [0.15, 0.2) is 24.3 Å². The summed E-state index contributed by atoms with van der Waals surface area (Å²) >= 11 is 0. The molecule has 1 aromatic rings. The number of alkyl carbamates (subject to hydrolysis) is 1. The van der Waals surface area contributed by atoms with E-state index in [1.807, 2.05) is 33.8 Å². The van der Waals surface area contributed by atoms with Crippen LogP contribution >= 0.6 is 0 Å². The van der Waals surface area contributed by atoms with Crippen molar-refractivity contribution in [3.8, 4) is 11.8 Å². The molecule has 7 nitrogen and oxygen atoms in total. The summed E-state index contributed by atoms with van der Waals surface area (Å²) in [7, 11) is 0. The lowest BCUT2D eigenvalue weighted by atomic mass is 10.0. The van der Waals surface area contributed by atoms with E-state index in [0.717, 1.165) is 0 Å². The van der Waals surface area contributed by atoms with E-state index >= 15 is 0 Å². The van der Waals surface area contributed by atoms with Crippen LogP contribution < -0.4 is 15.4 Å². The summed E-state index contributed by atoms with van der Waals surface area (Å²) in [5, 5.41) is 14.4. The van der Waals surface area contributed by atoms with Gasteiger partial charge in [0.25, 0.3) is 0 Å². The summed E-state index contributed by atoms with van der Waals surface area (Å²) in [6.45, 7) is 12.9. The first-order chi connectivity index (χ1) is 12.8. The van der Waals surface area contributed by atoms with E-state index in [9.17, 15) is 9.59 Å². The molecule has 0 heterocycles. The van der Waals surface area contributed by atoms with Gasteiger partial charge in [-0.1, -0.05) is 13.8 Å². The lowest BCUT2D eigenvalue weighted by molar-refractivity contribution is -0.126. The number of nitrogens with one attached hydrogen (secondary N) is 2. The van der Waals surface area contributed by atoms with Crippen molar-refractivity contribution < 1.29 is 19.1 Å². The number of carbonyl (C=O) groups is 2. The molecule has 0 bridgehead atoms. The fourth-order valence-corrected chi connectivity index (χ4v) is 2.31. The second-order valence-corrected chi connectivity index (χ2v) is 8.67. The van der Waals surface area contributed by atoms with E-state index in [1.165, 1.54) is 0 Å². The van der Waals surface area contributed by atoms with Gasteiger partial charge < -0.3 is 20.1 Å². The maximum Gasteiger partial charge on any atom is 0.408 e. The molecule has 2 amide bonds. The molecule has 0 aliphatic rings. The maximum atomic E-state index is 12.7. The minimum Gasteiger partial charge on any atom is -0.491 e. The molecule has 0 saturated carbocycles. The highest BCUT2D eigenvalue weighted by atomic mass is 16.6. The van der Waals surface area contributed by atoms with Crippen molar-refractivity contribution in [2.75, 3.05) is 6.61 Å². The minimum absolute atomic E-state index is 0.122. The molecule has 0 saturated heterocycles. The second-order valence-electron chi connectivity index (χ2n) is 8.67. The van der Waals surface area contributed by atoms with Crippen LogP contribution in [0, 0.1) is 17.2 Å².